The monoisotopic (exact) mass is 410 g/mol. The van der Waals surface area contributed by atoms with Crippen molar-refractivity contribution in [3.05, 3.63) is 0 Å². The van der Waals surface area contributed by atoms with E-state index < -0.39 is 0 Å². The molecule has 0 spiro atoms. The number of likely N-dealkylation sites (N-methyl/N-ethyl adjacent to an activating group) is 1. The van der Waals surface area contributed by atoms with E-state index in [1.165, 1.54) is 13.1 Å². The fourth-order valence-corrected chi connectivity index (χ4v) is 3.26. The molecule has 0 atom stereocenters. The minimum absolute atomic E-state index is 0.648. The van der Waals surface area contributed by atoms with Crippen LogP contribution in [0.4, 0.5) is 0 Å². The Morgan fingerprint density at radius 1 is 1.67 bits per heavy atom. The van der Waals surface area contributed by atoms with Crippen molar-refractivity contribution in [2.75, 3.05) is 20.1 Å². The SMILES string of the molecule is CN1CC(C)([N]([Rb])[RaH])C1. The molecule has 1 rings (SSSR count). The third kappa shape index (κ3) is 2.57. The first kappa shape index (κ1) is 10.3. The average Bonchev–Trinajstić information content (AvgIpc) is 1.62. The number of hydrogen-bond acceptors (Lipinski definition) is 2. The molecular formula is C5H11N2RaRb. The number of nitrogens with zero attached hydrogens (tertiary/aromatic N) is 2. The van der Waals surface area contributed by atoms with Gasteiger partial charge in [-0.25, -0.2) is 0 Å². The molecule has 0 aliphatic carbocycles. The van der Waals surface area contributed by atoms with E-state index in [1.807, 2.05) is 0 Å². The van der Waals surface area contributed by atoms with Crippen LogP contribution >= 0.6 is 0 Å². The van der Waals surface area contributed by atoms with E-state index >= 15 is 0 Å². The average molecular weight is 411 g/mol. The van der Waals surface area contributed by atoms with Gasteiger partial charge >= 0.3 is 131 Å². The van der Waals surface area contributed by atoms with Crippen LogP contribution in [0, 0.1) is 43.2 Å². The quantitative estimate of drug-likeness (QED) is 0.563. The first-order valence-corrected chi connectivity index (χ1v) is 9.28. The molecule has 1 aliphatic heterocycles. The van der Waals surface area contributed by atoms with Crippen molar-refractivity contribution in [1.29, 1.82) is 0 Å². The molecule has 0 N–H and O–H groups in total. The van der Waals surface area contributed by atoms with Crippen LogP contribution in [0.25, 0.3) is 0 Å². The predicted molar refractivity (Wildman–Crippen MR) is 34.9 cm³/mol. The Kier molecular flexibility index (Phi) is 4.49. The minimum atomic E-state index is 0.648. The van der Waals surface area contributed by atoms with Crippen LogP contribution in [-0.2, 0) is 0 Å². The molecule has 1 saturated heterocycles. The molecule has 2 nitrogen and oxygen atoms in total. The Hall–Kier alpha value is 3.19. The summed E-state index contributed by atoms with van der Waals surface area (Å²) in [6.45, 7) is 5.04. The molecule has 0 aromatic heterocycles. The molecule has 9 heavy (non-hydrogen) atoms. The van der Waals surface area contributed by atoms with Crippen molar-refractivity contribution in [2.24, 2.45) is 0 Å². The second kappa shape index (κ2) is 3.93. The Morgan fingerprint density at radius 3 is 2.22 bits per heavy atom. The number of likely N-dealkylation sites (tertiary alicyclic amines) is 1. The predicted octanol–water partition coefficient (Wildman–Crippen LogP) is -0.727. The first-order valence-electron chi connectivity index (χ1n) is 3.40. The van der Waals surface area contributed by atoms with E-state index in [0.29, 0.717) is 48.7 Å². The van der Waals surface area contributed by atoms with E-state index in [2.05, 4.69) is 13.0 Å². The summed E-state index contributed by atoms with van der Waals surface area (Å²) < 4.78 is 2.74. The molecule has 44 valence electrons. The first-order chi connectivity index (χ1) is 4.04. The van der Waals surface area contributed by atoms with Gasteiger partial charge in [0, 0.05) is 0 Å². The molecule has 4 heteroatoms. The summed E-state index contributed by atoms with van der Waals surface area (Å²) in [4.78, 5) is 2.40. The van der Waals surface area contributed by atoms with Gasteiger partial charge in [0.05, 0.1) is 0 Å². The van der Waals surface area contributed by atoms with Gasteiger partial charge < -0.3 is 0 Å². The van der Waals surface area contributed by atoms with Gasteiger partial charge in [-0.2, -0.15) is 0 Å². The van der Waals surface area contributed by atoms with Crippen molar-refractivity contribution in [1.82, 2.24) is -0.925 Å². The maximum atomic E-state index is 2.74. The molecule has 0 radical (unpaired) electrons. The van der Waals surface area contributed by atoms with Crippen LogP contribution < -0.4 is 0 Å². The maximum absolute atomic E-state index is 2.74. The summed E-state index contributed by atoms with van der Waals surface area (Å²) >= 11 is 1.45. The van der Waals surface area contributed by atoms with Crippen LogP contribution in [0.15, 0.2) is 0 Å². The van der Waals surface area contributed by atoms with Gasteiger partial charge in [0.1, 0.15) is 0 Å². The van der Waals surface area contributed by atoms with Crippen molar-refractivity contribution in [2.45, 2.75) is 12.5 Å². The molecule has 0 aromatic rings. The van der Waals surface area contributed by atoms with Crippen LogP contribution in [-0.4, -0.2) is 80.8 Å². The summed E-state index contributed by atoms with van der Waals surface area (Å²) in [5, 5.41) is 0. The van der Waals surface area contributed by atoms with Gasteiger partial charge in [-0.1, -0.05) is 0 Å². The van der Waals surface area contributed by atoms with Crippen molar-refractivity contribution in [3.63, 3.8) is 0 Å². The van der Waals surface area contributed by atoms with E-state index in [0.717, 1.165) is 56.0 Å². The van der Waals surface area contributed by atoms with E-state index in [4.69, 9.17) is 0 Å². The zero-order chi connectivity index (χ0) is 7.07. The third-order valence-corrected chi connectivity index (χ3v) is 9.39. The summed E-state index contributed by atoms with van der Waals surface area (Å²) in [6.07, 6.45) is 0. The Bertz CT molecular complexity index is 112. The molecule has 0 unspecified atom stereocenters. The number of rotatable bonds is 1. The zero-order valence-corrected chi connectivity index (χ0v) is 19.9. The Labute approximate surface area is 127 Å². The third-order valence-electron chi connectivity index (χ3n) is 2.30. The van der Waals surface area contributed by atoms with E-state index in [-0.39, 0.29) is 0 Å². The molecule has 1 heterocycles. The zero-order valence-electron chi connectivity index (χ0n) is 6.81. The summed E-state index contributed by atoms with van der Waals surface area (Å²) in [6, 6.07) is 0. The summed E-state index contributed by atoms with van der Waals surface area (Å²) in [5.74, 6) is 0. The van der Waals surface area contributed by atoms with Gasteiger partial charge in [0.2, 0.25) is 0 Å². The molecule has 0 aromatic carbocycles. The van der Waals surface area contributed by atoms with Gasteiger partial charge in [-0.05, 0) is 0 Å². The topological polar surface area (TPSA) is 6.48 Å². The second-order valence-electron chi connectivity index (χ2n) is 3.56. The molecule has 1 aliphatic rings. The van der Waals surface area contributed by atoms with Gasteiger partial charge in [-0.15, -0.1) is 0 Å². The van der Waals surface area contributed by atoms with Crippen LogP contribution in [0.2, 0.25) is 0 Å². The molecular weight excluding hydrogens is 400 g/mol. The molecule has 0 saturated carbocycles. The van der Waals surface area contributed by atoms with Crippen LogP contribution in [0.1, 0.15) is 6.92 Å². The van der Waals surface area contributed by atoms with Gasteiger partial charge in [0.15, 0.2) is 0 Å². The molecule has 0 bridgehead atoms. The molecule has 1 fully saturated rings. The van der Waals surface area contributed by atoms with Gasteiger partial charge in [0.25, 0.3) is 0 Å². The fourth-order valence-electron chi connectivity index (χ4n) is 1.40. The standard InChI is InChI=1S/C5H10N2.Ra.Rb.H/c1-5(6)3-7(2)4-5;;;/h3-4H2,1-2H3;;;. The second-order valence-corrected chi connectivity index (χ2v) is 30.4. The molecule has 0 amide bonds. The van der Waals surface area contributed by atoms with Gasteiger partial charge in [-0.3, -0.25) is 0 Å². The fraction of sp³-hybridized carbons (Fsp3) is 1.00. The van der Waals surface area contributed by atoms with Crippen molar-refractivity contribution < 1.29 is 43.2 Å². The van der Waals surface area contributed by atoms with Crippen LogP contribution in [0.3, 0.4) is 0 Å². The van der Waals surface area contributed by atoms with Crippen LogP contribution in [0.5, 0.6) is 0 Å². The van der Waals surface area contributed by atoms with E-state index in [1.54, 1.807) is 0 Å². The number of hydrogen-bond donors (Lipinski definition) is 0. The Balaban J connectivity index is 2.40. The summed E-state index contributed by atoms with van der Waals surface area (Å²) in [7, 11) is 2.21. The van der Waals surface area contributed by atoms with E-state index in [9.17, 15) is 0 Å². The van der Waals surface area contributed by atoms with Crippen molar-refractivity contribution in [3.8, 4) is 0 Å². The normalized spacial score (nSPS) is 26.2. The summed E-state index contributed by atoms with van der Waals surface area (Å²) in [5.41, 5.74) is 0.648. The van der Waals surface area contributed by atoms with Crippen molar-refractivity contribution >= 4 is 56.0 Å². The Morgan fingerprint density at radius 2 is 2.11 bits per heavy atom.